The molecular formula is C20H29Cl2N5O3. The van der Waals surface area contributed by atoms with Crippen molar-refractivity contribution >= 4 is 30.7 Å². The summed E-state index contributed by atoms with van der Waals surface area (Å²) in [5, 5.41) is 7.41. The number of ether oxygens (including phenoxy) is 1. The standard InChI is InChI=1S/C20H27N5O3.2ClH/c1-27-14-20(7-10-21-11-8-20)19(26)25-12-5-15(6-13-25)18-23-17(24-28-18)16-4-2-3-9-22-16;;/h2-4,9,15,21H,5-8,10-14H2,1H3;2*1H. The molecule has 166 valence electrons. The van der Waals surface area contributed by atoms with E-state index < -0.39 is 0 Å². The summed E-state index contributed by atoms with van der Waals surface area (Å²) in [6.45, 7) is 3.64. The van der Waals surface area contributed by atoms with Gasteiger partial charge in [-0.1, -0.05) is 11.2 Å². The van der Waals surface area contributed by atoms with Gasteiger partial charge >= 0.3 is 0 Å². The number of nitrogens with zero attached hydrogens (tertiary/aromatic N) is 4. The van der Waals surface area contributed by atoms with Gasteiger partial charge in [0, 0.05) is 32.3 Å². The second kappa shape index (κ2) is 11.0. The van der Waals surface area contributed by atoms with Crippen molar-refractivity contribution in [3.8, 4) is 11.5 Å². The number of aromatic nitrogens is 3. The van der Waals surface area contributed by atoms with Crippen LogP contribution in [0.4, 0.5) is 0 Å². The maximum Gasteiger partial charge on any atom is 0.231 e. The number of likely N-dealkylation sites (tertiary alicyclic amines) is 1. The van der Waals surface area contributed by atoms with Crippen LogP contribution in [-0.2, 0) is 9.53 Å². The summed E-state index contributed by atoms with van der Waals surface area (Å²) < 4.78 is 10.9. The van der Waals surface area contributed by atoms with Crippen LogP contribution in [0.15, 0.2) is 28.9 Å². The molecule has 0 aromatic carbocycles. The van der Waals surface area contributed by atoms with Gasteiger partial charge in [-0.3, -0.25) is 9.78 Å². The fourth-order valence-corrected chi connectivity index (χ4v) is 4.27. The Hall–Kier alpha value is -1.74. The first-order valence-electron chi connectivity index (χ1n) is 9.96. The van der Waals surface area contributed by atoms with Gasteiger partial charge in [-0.15, -0.1) is 24.8 Å². The van der Waals surface area contributed by atoms with Crippen LogP contribution in [0, 0.1) is 5.41 Å². The monoisotopic (exact) mass is 457 g/mol. The van der Waals surface area contributed by atoms with E-state index in [2.05, 4.69) is 20.4 Å². The summed E-state index contributed by atoms with van der Waals surface area (Å²) in [5.74, 6) is 1.57. The Morgan fingerprint density at radius 1 is 1.27 bits per heavy atom. The molecule has 10 heteroatoms. The lowest BCUT2D eigenvalue weighted by molar-refractivity contribution is -0.148. The first kappa shape index (κ1) is 24.5. The number of methoxy groups -OCH3 is 1. The number of carbonyl (C=O) groups excluding carboxylic acids is 1. The fraction of sp³-hybridized carbons (Fsp3) is 0.600. The molecular weight excluding hydrogens is 429 g/mol. The van der Waals surface area contributed by atoms with E-state index in [1.165, 1.54) is 0 Å². The van der Waals surface area contributed by atoms with Crippen LogP contribution in [0.3, 0.4) is 0 Å². The van der Waals surface area contributed by atoms with Gasteiger partial charge in [0.1, 0.15) is 5.69 Å². The Labute approximate surface area is 189 Å². The molecule has 4 heterocycles. The lowest BCUT2D eigenvalue weighted by atomic mass is 9.77. The number of hydrogen-bond acceptors (Lipinski definition) is 7. The van der Waals surface area contributed by atoms with Crippen molar-refractivity contribution in [2.75, 3.05) is 39.9 Å². The number of amides is 1. The highest BCUT2D eigenvalue weighted by Gasteiger charge is 2.43. The predicted molar refractivity (Wildman–Crippen MR) is 117 cm³/mol. The van der Waals surface area contributed by atoms with E-state index in [9.17, 15) is 4.79 Å². The molecule has 2 aromatic rings. The number of rotatable bonds is 5. The van der Waals surface area contributed by atoms with Crippen molar-refractivity contribution in [3.63, 3.8) is 0 Å². The van der Waals surface area contributed by atoms with Crippen LogP contribution in [0.1, 0.15) is 37.5 Å². The van der Waals surface area contributed by atoms with E-state index in [4.69, 9.17) is 9.26 Å². The van der Waals surface area contributed by atoms with Gasteiger partial charge in [-0.05, 0) is 50.9 Å². The smallest absolute Gasteiger partial charge is 0.231 e. The van der Waals surface area contributed by atoms with Gasteiger partial charge in [0.2, 0.25) is 17.6 Å². The second-order valence-electron chi connectivity index (χ2n) is 7.70. The van der Waals surface area contributed by atoms with Crippen molar-refractivity contribution in [2.24, 2.45) is 5.41 Å². The molecule has 2 aromatic heterocycles. The van der Waals surface area contributed by atoms with E-state index in [0.29, 0.717) is 37.1 Å². The number of nitrogens with one attached hydrogen (secondary N) is 1. The fourth-order valence-electron chi connectivity index (χ4n) is 4.27. The maximum absolute atomic E-state index is 13.3. The lowest BCUT2D eigenvalue weighted by Crippen LogP contribution is -2.53. The zero-order chi connectivity index (χ0) is 19.4. The molecule has 30 heavy (non-hydrogen) atoms. The summed E-state index contributed by atoms with van der Waals surface area (Å²) in [4.78, 5) is 24.1. The number of hydrogen-bond donors (Lipinski definition) is 1. The predicted octanol–water partition coefficient (Wildman–Crippen LogP) is 2.70. The Kier molecular flexibility index (Phi) is 9.03. The third-order valence-corrected chi connectivity index (χ3v) is 5.90. The highest BCUT2D eigenvalue weighted by Crippen LogP contribution is 2.35. The summed E-state index contributed by atoms with van der Waals surface area (Å²) in [6.07, 6.45) is 5.04. The minimum absolute atomic E-state index is 0. The molecule has 1 amide bonds. The number of carbonyl (C=O) groups is 1. The average Bonchev–Trinajstić information content (AvgIpc) is 3.25. The molecule has 2 saturated heterocycles. The van der Waals surface area contributed by atoms with Gasteiger partial charge in [-0.2, -0.15) is 4.98 Å². The van der Waals surface area contributed by atoms with Gasteiger partial charge in [-0.25, -0.2) is 0 Å². The van der Waals surface area contributed by atoms with E-state index >= 15 is 0 Å². The van der Waals surface area contributed by atoms with Crippen LogP contribution in [0.25, 0.3) is 11.5 Å². The molecule has 0 saturated carbocycles. The van der Waals surface area contributed by atoms with Crippen molar-refractivity contribution in [2.45, 2.75) is 31.6 Å². The third-order valence-electron chi connectivity index (χ3n) is 5.90. The molecule has 0 unspecified atom stereocenters. The molecule has 2 fully saturated rings. The molecule has 0 bridgehead atoms. The third kappa shape index (κ3) is 5.11. The minimum atomic E-state index is -0.385. The zero-order valence-corrected chi connectivity index (χ0v) is 18.7. The normalized spacial score (nSPS) is 18.9. The van der Waals surface area contributed by atoms with E-state index in [1.54, 1.807) is 13.3 Å². The summed E-state index contributed by atoms with van der Waals surface area (Å²) in [6, 6.07) is 5.62. The van der Waals surface area contributed by atoms with Crippen molar-refractivity contribution < 1.29 is 14.1 Å². The molecule has 1 N–H and O–H groups in total. The van der Waals surface area contributed by atoms with Crippen LogP contribution in [-0.4, -0.2) is 65.8 Å². The number of piperidine rings is 2. The highest BCUT2D eigenvalue weighted by molar-refractivity contribution is 5.85. The molecule has 0 atom stereocenters. The van der Waals surface area contributed by atoms with Crippen molar-refractivity contribution in [1.82, 2.24) is 25.3 Å². The molecule has 0 radical (unpaired) electrons. The van der Waals surface area contributed by atoms with Crippen LogP contribution in [0.5, 0.6) is 0 Å². The topological polar surface area (TPSA) is 93.4 Å². The van der Waals surface area contributed by atoms with Gasteiger partial charge in [0.25, 0.3) is 0 Å². The van der Waals surface area contributed by atoms with Gasteiger partial charge < -0.3 is 19.5 Å². The van der Waals surface area contributed by atoms with Gasteiger partial charge in [0.05, 0.1) is 12.0 Å². The average molecular weight is 458 g/mol. The molecule has 8 nitrogen and oxygen atoms in total. The first-order chi connectivity index (χ1) is 13.7. The summed E-state index contributed by atoms with van der Waals surface area (Å²) in [7, 11) is 1.68. The summed E-state index contributed by atoms with van der Waals surface area (Å²) >= 11 is 0. The number of pyridine rings is 1. The lowest BCUT2D eigenvalue weighted by Gasteiger charge is -2.41. The minimum Gasteiger partial charge on any atom is -0.384 e. The van der Waals surface area contributed by atoms with Crippen molar-refractivity contribution in [1.29, 1.82) is 0 Å². The van der Waals surface area contributed by atoms with Crippen molar-refractivity contribution in [3.05, 3.63) is 30.3 Å². The molecule has 2 aliphatic heterocycles. The van der Waals surface area contributed by atoms with E-state index in [-0.39, 0.29) is 42.1 Å². The Bertz CT molecular complexity index is 785. The molecule has 0 spiro atoms. The zero-order valence-electron chi connectivity index (χ0n) is 17.1. The molecule has 0 aliphatic carbocycles. The Morgan fingerprint density at radius 2 is 2.00 bits per heavy atom. The Balaban J connectivity index is 0.00000160. The quantitative estimate of drug-likeness (QED) is 0.737. The SMILES string of the molecule is COCC1(C(=O)N2CCC(c3nc(-c4ccccn4)no3)CC2)CCNCC1.Cl.Cl. The van der Waals surface area contributed by atoms with Crippen LogP contribution >= 0.6 is 24.8 Å². The van der Waals surface area contributed by atoms with Crippen LogP contribution in [0.2, 0.25) is 0 Å². The Morgan fingerprint density at radius 3 is 2.63 bits per heavy atom. The maximum atomic E-state index is 13.3. The van der Waals surface area contributed by atoms with E-state index in [0.717, 1.165) is 38.8 Å². The van der Waals surface area contributed by atoms with E-state index in [1.807, 2.05) is 23.1 Å². The second-order valence-corrected chi connectivity index (χ2v) is 7.70. The summed E-state index contributed by atoms with van der Waals surface area (Å²) in [5.41, 5.74) is 0.321. The van der Waals surface area contributed by atoms with Gasteiger partial charge in [0.15, 0.2) is 0 Å². The number of halogens is 2. The first-order valence-corrected chi connectivity index (χ1v) is 9.96. The molecule has 4 rings (SSSR count). The highest BCUT2D eigenvalue weighted by atomic mass is 35.5. The largest absolute Gasteiger partial charge is 0.384 e. The van der Waals surface area contributed by atoms with Crippen LogP contribution < -0.4 is 5.32 Å². The molecule has 2 aliphatic rings.